The van der Waals surface area contributed by atoms with Gasteiger partial charge in [0.15, 0.2) is 0 Å². The molecule has 0 aliphatic rings. The van der Waals surface area contributed by atoms with Crippen LogP contribution in [0.3, 0.4) is 0 Å². The van der Waals surface area contributed by atoms with E-state index in [1.807, 2.05) is 26.0 Å². The molecule has 1 rings (SSSR count). The first-order valence-electron chi connectivity index (χ1n) is 5.71. The van der Waals surface area contributed by atoms with Crippen molar-refractivity contribution < 1.29 is 13.9 Å². The lowest BCUT2D eigenvalue weighted by molar-refractivity contribution is -0.123. The van der Waals surface area contributed by atoms with Gasteiger partial charge in [-0.2, -0.15) is 0 Å². The van der Waals surface area contributed by atoms with Crippen molar-refractivity contribution in [3.05, 3.63) is 24.2 Å². The molecule has 2 N–H and O–H groups in total. The lowest BCUT2D eigenvalue weighted by Crippen LogP contribution is -2.43. The van der Waals surface area contributed by atoms with Gasteiger partial charge in [0, 0.05) is 13.7 Å². The van der Waals surface area contributed by atoms with Gasteiger partial charge < -0.3 is 14.5 Å². The van der Waals surface area contributed by atoms with E-state index < -0.39 is 0 Å². The molecule has 0 spiro atoms. The maximum Gasteiger partial charge on any atom is 0.236 e. The zero-order valence-electron chi connectivity index (χ0n) is 10.5. The van der Waals surface area contributed by atoms with Crippen molar-refractivity contribution in [3.8, 4) is 0 Å². The highest BCUT2D eigenvalue weighted by Gasteiger charge is 2.16. The summed E-state index contributed by atoms with van der Waals surface area (Å²) in [7, 11) is 1.60. The van der Waals surface area contributed by atoms with Gasteiger partial charge in [-0.15, -0.1) is 0 Å². The second kappa shape index (κ2) is 7.09. The normalized spacial score (nSPS) is 14.3. The van der Waals surface area contributed by atoms with E-state index in [0.717, 1.165) is 5.76 Å². The topological polar surface area (TPSA) is 63.5 Å². The third-order valence-corrected chi connectivity index (χ3v) is 2.47. The van der Waals surface area contributed by atoms with E-state index >= 15 is 0 Å². The molecule has 0 aromatic carbocycles. The zero-order valence-corrected chi connectivity index (χ0v) is 10.5. The molecule has 0 saturated carbocycles. The lowest BCUT2D eigenvalue weighted by Gasteiger charge is -2.18. The first-order chi connectivity index (χ1) is 8.15. The van der Waals surface area contributed by atoms with Crippen LogP contribution < -0.4 is 10.6 Å². The summed E-state index contributed by atoms with van der Waals surface area (Å²) >= 11 is 0. The first-order valence-corrected chi connectivity index (χ1v) is 5.71. The van der Waals surface area contributed by atoms with E-state index in [9.17, 15) is 4.79 Å². The van der Waals surface area contributed by atoms with Crippen LogP contribution in [0.5, 0.6) is 0 Å². The summed E-state index contributed by atoms with van der Waals surface area (Å²) in [5, 5.41) is 5.94. The molecule has 0 aliphatic heterocycles. The number of hydrogen-bond acceptors (Lipinski definition) is 4. The van der Waals surface area contributed by atoms with Gasteiger partial charge in [-0.3, -0.25) is 10.1 Å². The van der Waals surface area contributed by atoms with Crippen LogP contribution in [0, 0.1) is 0 Å². The van der Waals surface area contributed by atoms with Gasteiger partial charge in [-0.05, 0) is 26.0 Å². The van der Waals surface area contributed by atoms with E-state index in [0.29, 0.717) is 13.2 Å². The van der Waals surface area contributed by atoms with Crippen LogP contribution in [0.15, 0.2) is 22.8 Å². The van der Waals surface area contributed by atoms with Crippen molar-refractivity contribution in [2.75, 3.05) is 20.3 Å². The summed E-state index contributed by atoms with van der Waals surface area (Å²) in [4.78, 5) is 11.7. The van der Waals surface area contributed by atoms with Crippen LogP contribution in [0.4, 0.5) is 0 Å². The minimum absolute atomic E-state index is 0.00757. The maximum atomic E-state index is 11.7. The molecule has 1 aromatic heterocycles. The van der Waals surface area contributed by atoms with Gasteiger partial charge in [0.1, 0.15) is 5.76 Å². The number of carbonyl (C=O) groups excluding carboxylic acids is 1. The van der Waals surface area contributed by atoms with Crippen molar-refractivity contribution >= 4 is 5.91 Å². The smallest absolute Gasteiger partial charge is 0.236 e. The Balaban J connectivity index is 2.32. The quantitative estimate of drug-likeness (QED) is 0.700. The van der Waals surface area contributed by atoms with Crippen molar-refractivity contribution in [3.63, 3.8) is 0 Å². The first kappa shape index (κ1) is 13.7. The molecule has 0 radical (unpaired) electrons. The average molecular weight is 240 g/mol. The highest BCUT2D eigenvalue weighted by Crippen LogP contribution is 2.12. The summed E-state index contributed by atoms with van der Waals surface area (Å²) in [6.45, 7) is 4.82. The second-order valence-corrected chi connectivity index (χ2v) is 3.91. The van der Waals surface area contributed by atoms with E-state index in [1.165, 1.54) is 0 Å². The number of amides is 1. The van der Waals surface area contributed by atoms with E-state index in [2.05, 4.69) is 10.6 Å². The molecule has 5 heteroatoms. The lowest BCUT2D eigenvalue weighted by atomic mass is 10.2. The van der Waals surface area contributed by atoms with Gasteiger partial charge in [0.2, 0.25) is 5.91 Å². The minimum atomic E-state index is -0.271. The maximum absolute atomic E-state index is 11.7. The van der Waals surface area contributed by atoms with Gasteiger partial charge in [-0.1, -0.05) is 0 Å². The number of furan rings is 1. The largest absolute Gasteiger partial charge is 0.468 e. The number of methoxy groups -OCH3 is 1. The summed E-state index contributed by atoms with van der Waals surface area (Å²) in [5.41, 5.74) is 0. The standard InChI is InChI=1S/C12H20N2O3/c1-9(11-5-4-7-17-11)14-10(2)12(15)13-6-8-16-3/h4-5,7,9-10,14H,6,8H2,1-3H3,(H,13,15). The summed E-state index contributed by atoms with van der Waals surface area (Å²) in [6, 6.07) is 3.45. The molecule has 5 nitrogen and oxygen atoms in total. The van der Waals surface area contributed by atoms with Crippen molar-refractivity contribution in [2.45, 2.75) is 25.9 Å². The summed E-state index contributed by atoms with van der Waals surface area (Å²) in [6.07, 6.45) is 1.62. The van der Waals surface area contributed by atoms with Crippen LogP contribution in [-0.4, -0.2) is 32.2 Å². The van der Waals surface area contributed by atoms with Crippen LogP contribution in [-0.2, 0) is 9.53 Å². The number of hydrogen-bond donors (Lipinski definition) is 2. The van der Waals surface area contributed by atoms with Gasteiger partial charge in [0.05, 0.1) is 25.0 Å². The fourth-order valence-corrected chi connectivity index (χ4v) is 1.50. The Labute approximate surface area is 102 Å². The highest BCUT2D eigenvalue weighted by atomic mass is 16.5. The van der Waals surface area contributed by atoms with Gasteiger partial charge in [-0.25, -0.2) is 0 Å². The number of ether oxygens (including phenoxy) is 1. The van der Waals surface area contributed by atoms with E-state index in [1.54, 1.807) is 13.4 Å². The molecule has 1 amide bonds. The van der Waals surface area contributed by atoms with Crippen LogP contribution in [0.25, 0.3) is 0 Å². The Morgan fingerprint density at radius 2 is 2.29 bits per heavy atom. The summed E-state index contributed by atoms with van der Waals surface area (Å²) < 4.78 is 10.1. The molecule has 17 heavy (non-hydrogen) atoms. The van der Waals surface area contributed by atoms with Crippen LogP contribution >= 0.6 is 0 Å². The molecule has 2 unspecified atom stereocenters. The molecule has 0 saturated heterocycles. The van der Waals surface area contributed by atoms with Gasteiger partial charge >= 0.3 is 0 Å². The Morgan fingerprint density at radius 1 is 1.53 bits per heavy atom. The Hall–Kier alpha value is -1.33. The molecular weight excluding hydrogens is 220 g/mol. The monoisotopic (exact) mass is 240 g/mol. The van der Waals surface area contributed by atoms with Crippen molar-refractivity contribution in [2.24, 2.45) is 0 Å². The predicted molar refractivity (Wildman–Crippen MR) is 64.6 cm³/mol. The minimum Gasteiger partial charge on any atom is -0.468 e. The molecule has 0 aliphatic carbocycles. The van der Waals surface area contributed by atoms with Crippen LogP contribution in [0.2, 0.25) is 0 Å². The Kier molecular flexibility index (Phi) is 5.72. The molecule has 2 atom stereocenters. The zero-order chi connectivity index (χ0) is 12.7. The predicted octanol–water partition coefficient (Wildman–Crippen LogP) is 1.08. The fourth-order valence-electron chi connectivity index (χ4n) is 1.50. The molecule has 0 fully saturated rings. The average Bonchev–Trinajstić information content (AvgIpc) is 2.82. The Morgan fingerprint density at radius 3 is 2.88 bits per heavy atom. The third-order valence-electron chi connectivity index (χ3n) is 2.47. The van der Waals surface area contributed by atoms with Crippen molar-refractivity contribution in [1.82, 2.24) is 10.6 Å². The van der Waals surface area contributed by atoms with E-state index in [4.69, 9.17) is 9.15 Å². The SMILES string of the molecule is COCCNC(=O)C(C)NC(C)c1ccco1. The number of carbonyl (C=O) groups is 1. The van der Waals surface area contributed by atoms with Gasteiger partial charge in [0.25, 0.3) is 0 Å². The molecule has 96 valence electrons. The third kappa shape index (κ3) is 4.58. The summed E-state index contributed by atoms with van der Waals surface area (Å²) in [5.74, 6) is 0.780. The second-order valence-electron chi connectivity index (χ2n) is 3.91. The van der Waals surface area contributed by atoms with Crippen LogP contribution in [0.1, 0.15) is 25.6 Å². The van der Waals surface area contributed by atoms with Crippen molar-refractivity contribution in [1.29, 1.82) is 0 Å². The number of rotatable bonds is 7. The fraction of sp³-hybridized carbons (Fsp3) is 0.583. The Bertz CT molecular complexity index is 325. The van der Waals surface area contributed by atoms with E-state index in [-0.39, 0.29) is 18.0 Å². The highest BCUT2D eigenvalue weighted by molar-refractivity contribution is 5.81. The molecule has 1 aromatic rings. The molecular formula is C12H20N2O3. The molecule has 0 bridgehead atoms. The molecule has 1 heterocycles. The number of nitrogens with one attached hydrogen (secondary N) is 2.